The highest BCUT2D eigenvalue weighted by molar-refractivity contribution is 6.29. The molecule has 0 radical (unpaired) electrons. The van der Waals surface area contributed by atoms with Crippen LogP contribution in [-0.4, -0.2) is 18.6 Å². The number of pyridine rings is 1. The summed E-state index contributed by atoms with van der Waals surface area (Å²) in [5.74, 6) is 0.563. The van der Waals surface area contributed by atoms with Gasteiger partial charge in [0.2, 0.25) is 5.88 Å². The van der Waals surface area contributed by atoms with Crippen LogP contribution < -0.4 is 10.5 Å². The molecule has 0 aliphatic heterocycles. The minimum Gasteiger partial charge on any atom is -0.481 e. The molecule has 1 aromatic heterocycles. The Morgan fingerprint density at radius 2 is 2.33 bits per heavy atom. The van der Waals surface area contributed by atoms with E-state index in [0.717, 1.165) is 12.0 Å². The molecule has 1 aromatic rings. The Balaban J connectivity index is 2.94. The second kappa shape index (κ2) is 4.28. The summed E-state index contributed by atoms with van der Waals surface area (Å²) >= 11 is 5.67. The van der Waals surface area contributed by atoms with Crippen molar-refractivity contribution in [2.75, 3.05) is 13.7 Å². The first-order valence-corrected chi connectivity index (χ1v) is 4.05. The topological polar surface area (TPSA) is 48.1 Å². The number of halogens is 1. The van der Waals surface area contributed by atoms with Crippen LogP contribution >= 0.6 is 11.6 Å². The maximum atomic E-state index is 5.67. The fraction of sp³-hybridized carbons (Fsp3) is 0.375. The van der Waals surface area contributed by atoms with Gasteiger partial charge in [-0.25, -0.2) is 4.98 Å². The molecule has 0 spiro atoms. The van der Waals surface area contributed by atoms with E-state index >= 15 is 0 Å². The van der Waals surface area contributed by atoms with Crippen LogP contribution in [0.15, 0.2) is 12.1 Å². The predicted octanol–water partition coefficient (Wildman–Crippen LogP) is 1.24. The molecule has 0 amide bonds. The van der Waals surface area contributed by atoms with Crippen LogP contribution in [0, 0.1) is 0 Å². The molecule has 3 nitrogen and oxygen atoms in total. The van der Waals surface area contributed by atoms with Gasteiger partial charge in [0.25, 0.3) is 0 Å². The lowest BCUT2D eigenvalue weighted by molar-refractivity contribution is 0.392. The first-order chi connectivity index (χ1) is 5.77. The third-order valence-electron chi connectivity index (χ3n) is 1.51. The highest BCUT2D eigenvalue weighted by Crippen LogP contribution is 2.18. The summed E-state index contributed by atoms with van der Waals surface area (Å²) in [7, 11) is 1.57. The number of ether oxygens (including phenoxy) is 1. The van der Waals surface area contributed by atoms with Crippen molar-refractivity contribution in [1.29, 1.82) is 0 Å². The quantitative estimate of drug-likeness (QED) is 0.723. The van der Waals surface area contributed by atoms with Gasteiger partial charge < -0.3 is 10.5 Å². The zero-order valence-corrected chi connectivity index (χ0v) is 7.64. The van der Waals surface area contributed by atoms with Crippen LogP contribution in [0.3, 0.4) is 0 Å². The SMILES string of the molecule is COc1nc(Cl)ccc1CCN. The van der Waals surface area contributed by atoms with Gasteiger partial charge in [-0.2, -0.15) is 0 Å². The minimum absolute atomic E-state index is 0.438. The van der Waals surface area contributed by atoms with Gasteiger partial charge in [-0.1, -0.05) is 17.7 Å². The van der Waals surface area contributed by atoms with Gasteiger partial charge in [0.1, 0.15) is 5.15 Å². The van der Waals surface area contributed by atoms with Crippen molar-refractivity contribution in [1.82, 2.24) is 4.98 Å². The van der Waals surface area contributed by atoms with Gasteiger partial charge in [-0.05, 0) is 19.0 Å². The maximum Gasteiger partial charge on any atom is 0.217 e. The number of nitrogens with two attached hydrogens (primary N) is 1. The molecule has 0 aliphatic rings. The fourth-order valence-electron chi connectivity index (χ4n) is 0.969. The van der Waals surface area contributed by atoms with Crippen molar-refractivity contribution in [2.24, 2.45) is 5.73 Å². The van der Waals surface area contributed by atoms with Crippen LogP contribution in [0.1, 0.15) is 5.56 Å². The van der Waals surface area contributed by atoms with Crippen LogP contribution in [0.4, 0.5) is 0 Å². The molecule has 0 unspecified atom stereocenters. The lowest BCUT2D eigenvalue weighted by atomic mass is 10.2. The summed E-state index contributed by atoms with van der Waals surface area (Å²) in [4.78, 5) is 4.00. The molecular weight excluding hydrogens is 176 g/mol. The molecule has 4 heteroatoms. The number of methoxy groups -OCH3 is 1. The summed E-state index contributed by atoms with van der Waals surface area (Å²) in [5, 5.41) is 0.438. The Bertz CT molecular complexity index is 265. The fourth-order valence-corrected chi connectivity index (χ4v) is 1.11. The highest BCUT2D eigenvalue weighted by atomic mass is 35.5. The first-order valence-electron chi connectivity index (χ1n) is 3.67. The van der Waals surface area contributed by atoms with E-state index in [4.69, 9.17) is 22.1 Å². The molecule has 1 rings (SSSR count). The Hall–Kier alpha value is -0.800. The van der Waals surface area contributed by atoms with Crippen molar-refractivity contribution in [2.45, 2.75) is 6.42 Å². The molecular formula is C8H11ClN2O. The van der Waals surface area contributed by atoms with E-state index in [1.54, 1.807) is 13.2 Å². The number of hydrogen-bond acceptors (Lipinski definition) is 3. The molecule has 0 atom stereocenters. The summed E-state index contributed by atoms with van der Waals surface area (Å²) in [6, 6.07) is 3.61. The van der Waals surface area contributed by atoms with Gasteiger partial charge in [0.05, 0.1) is 7.11 Å². The molecule has 0 saturated carbocycles. The van der Waals surface area contributed by atoms with E-state index < -0.39 is 0 Å². The minimum atomic E-state index is 0.438. The number of rotatable bonds is 3. The summed E-state index contributed by atoms with van der Waals surface area (Å²) in [6.45, 7) is 0.583. The van der Waals surface area contributed by atoms with Crippen molar-refractivity contribution in [3.05, 3.63) is 22.8 Å². The van der Waals surface area contributed by atoms with Crippen molar-refractivity contribution >= 4 is 11.6 Å². The summed E-state index contributed by atoms with van der Waals surface area (Å²) in [5.41, 5.74) is 6.40. The van der Waals surface area contributed by atoms with Gasteiger partial charge in [0.15, 0.2) is 0 Å². The maximum absolute atomic E-state index is 5.67. The first kappa shape index (κ1) is 9.29. The smallest absolute Gasteiger partial charge is 0.217 e. The molecule has 1 heterocycles. The lowest BCUT2D eigenvalue weighted by Gasteiger charge is -2.05. The number of nitrogens with zero attached hydrogens (tertiary/aromatic N) is 1. The van der Waals surface area contributed by atoms with Gasteiger partial charge in [-0.3, -0.25) is 0 Å². The second-order valence-electron chi connectivity index (χ2n) is 2.34. The van der Waals surface area contributed by atoms with Gasteiger partial charge in [-0.15, -0.1) is 0 Å². The largest absolute Gasteiger partial charge is 0.481 e. The van der Waals surface area contributed by atoms with Crippen molar-refractivity contribution in [3.8, 4) is 5.88 Å². The summed E-state index contributed by atoms with van der Waals surface area (Å²) < 4.78 is 5.03. The van der Waals surface area contributed by atoms with Crippen LogP contribution in [0.25, 0.3) is 0 Å². The molecule has 0 bridgehead atoms. The average molecular weight is 187 g/mol. The van der Waals surface area contributed by atoms with Crippen LogP contribution in [-0.2, 0) is 6.42 Å². The highest BCUT2D eigenvalue weighted by Gasteiger charge is 2.03. The zero-order chi connectivity index (χ0) is 8.97. The Morgan fingerprint density at radius 3 is 2.92 bits per heavy atom. The molecule has 12 heavy (non-hydrogen) atoms. The third kappa shape index (κ3) is 2.09. The zero-order valence-electron chi connectivity index (χ0n) is 6.88. The monoisotopic (exact) mass is 186 g/mol. The molecule has 0 aliphatic carbocycles. The number of hydrogen-bond donors (Lipinski definition) is 1. The predicted molar refractivity (Wildman–Crippen MR) is 48.6 cm³/mol. The van der Waals surface area contributed by atoms with Crippen molar-refractivity contribution in [3.63, 3.8) is 0 Å². The Morgan fingerprint density at radius 1 is 1.58 bits per heavy atom. The molecule has 2 N–H and O–H groups in total. The third-order valence-corrected chi connectivity index (χ3v) is 1.72. The van der Waals surface area contributed by atoms with Crippen LogP contribution in [0.2, 0.25) is 5.15 Å². The van der Waals surface area contributed by atoms with E-state index in [2.05, 4.69) is 4.98 Å². The summed E-state index contributed by atoms with van der Waals surface area (Å²) in [6.07, 6.45) is 0.757. The second-order valence-corrected chi connectivity index (χ2v) is 2.73. The molecule has 0 fully saturated rings. The van der Waals surface area contributed by atoms with E-state index in [0.29, 0.717) is 17.6 Å². The Kier molecular flexibility index (Phi) is 3.31. The molecule has 0 saturated heterocycles. The van der Waals surface area contributed by atoms with E-state index in [-0.39, 0.29) is 0 Å². The lowest BCUT2D eigenvalue weighted by Crippen LogP contribution is -2.05. The van der Waals surface area contributed by atoms with E-state index in [1.807, 2.05) is 6.07 Å². The van der Waals surface area contributed by atoms with E-state index in [1.165, 1.54) is 0 Å². The molecule has 66 valence electrons. The van der Waals surface area contributed by atoms with Gasteiger partial charge in [0, 0.05) is 5.56 Å². The average Bonchev–Trinajstić information content (AvgIpc) is 2.08. The number of aromatic nitrogens is 1. The van der Waals surface area contributed by atoms with Gasteiger partial charge >= 0.3 is 0 Å². The normalized spacial score (nSPS) is 9.92. The van der Waals surface area contributed by atoms with Crippen LogP contribution in [0.5, 0.6) is 5.88 Å². The Labute approximate surface area is 76.5 Å². The van der Waals surface area contributed by atoms with Crippen molar-refractivity contribution < 1.29 is 4.74 Å². The molecule has 0 aromatic carbocycles. The van der Waals surface area contributed by atoms with E-state index in [9.17, 15) is 0 Å². The standard InChI is InChI=1S/C8H11ClN2O/c1-12-8-6(4-5-10)2-3-7(9)11-8/h2-3H,4-5,10H2,1H3.